The lowest BCUT2D eigenvalue weighted by Crippen LogP contribution is -2.40. The number of benzene rings is 1. The fourth-order valence-electron chi connectivity index (χ4n) is 1.90. The molecule has 2 rings (SSSR count). The molecule has 1 aliphatic rings. The number of amides is 1. The monoisotopic (exact) mass is 218 g/mol. The number of hydrogen-bond acceptors (Lipinski definition) is 3. The minimum absolute atomic E-state index is 0.288. The van der Waals surface area contributed by atoms with Crippen molar-refractivity contribution in [1.29, 1.82) is 0 Å². The van der Waals surface area contributed by atoms with E-state index < -0.39 is 11.5 Å². The molecule has 1 unspecified atom stereocenters. The van der Waals surface area contributed by atoms with Crippen LogP contribution in [0.1, 0.15) is 5.56 Å². The number of likely N-dealkylation sites (N-methyl/N-ethyl adjacent to an activating group) is 1. The molecule has 1 aromatic carbocycles. The third-order valence-electron chi connectivity index (χ3n) is 2.73. The summed E-state index contributed by atoms with van der Waals surface area (Å²) >= 11 is 0. The lowest BCUT2D eigenvalue weighted by atomic mass is 9.96. The normalized spacial score (nSPS) is 22.9. The highest BCUT2D eigenvalue weighted by Gasteiger charge is 2.47. The number of aliphatic hydroxyl groups is 1. The topological polar surface area (TPSA) is 89.3 Å². The van der Waals surface area contributed by atoms with Gasteiger partial charge in [0.25, 0.3) is 5.91 Å². The van der Waals surface area contributed by atoms with E-state index in [0.717, 1.165) is 0 Å². The first-order valence-electron chi connectivity index (χ1n) is 4.72. The number of carbonyl (C=O) groups is 1. The van der Waals surface area contributed by atoms with Crippen LogP contribution in [0.4, 0.5) is 5.69 Å². The molecule has 0 saturated carbocycles. The highest BCUT2D eigenvalue weighted by molar-refractivity contribution is 6.06. The number of nitrogens with zero attached hydrogens (tertiary/aromatic N) is 4. The predicted octanol–water partition coefficient (Wildman–Crippen LogP) is 1.16. The summed E-state index contributed by atoms with van der Waals surface area (Å²) in [6.07, 6.45) is 0. The van der Waals surface area contributed by atoms with Crippen LogP contribution in [0, 0.1) is 0 Å². The molecule has 6 nitrogen and oxygen atoms in total. The predicted molar refractivity (Wildman–Crippen MR) is 57.8 cm³/mol. The lowest BCUT2D eigenvalue weighted by molar-refractivity contribution is -0.134. The third-order valence-corrected chi connectivity index (χ3v) is 2.73. The first-order chi connectivity index (χ1) is 7.61. The molecule has 0 spiro atoms. The molecule has 0 saturated heterocycles. The van der Waals surface area contributed by atoms with Crippen LogP contribution in [0.5, 0.6) is 0 Å². The van der Waals surface area contributed by atoms with E-state index in [-0.39, 0.29) is 6.54 Å². The van der Waals surface area contributed by atoms with Gasteiger partial charge in [0, 0.05) is 17.5 Å². The maximum atomic E-state index is 11.9. The minimum Gasteiger partial charge on any atom is -0.375 e. The van der Waals surface area contributed by atoms with Crippen molar-refractivity contribution >= 4 is 11.6 Å². The van der Waals surface area contributed by atoms with Gasteiger partial charge in [-0.15, -0.1) is 0 Å². The molecule has 82 valence electrons. The van der Waals surface area contributed by atoms with Crippen LogP contribution in [0.15, 0.2) is 29.4 Å². The van der Waals surface area contributed by atoms with Crippen LogP contribution in [0.3, 0.4) is 0 Å². The van der Waals surface area contributed by atoms with Gasteiger partial charge in [-0.1, -0.05) is 23.3 Å². The Morgan fingerprint density at radius 3 is 2.94 bits per heavy atom. The first kappa shape index (κ1) is 10.5. The van der Waals surface area contributed by atoms with E-state index in [1.54, 1.807) is 31.3 Å². The van der Waals surface area contributed by atoms with Crippen LogP contribution in [0.25, 0.3) is 10.4 Å². The molecule has 0 bridgehead atoms. The van der Waals surface area contributed by atoms with Crippen molar-refractivity contribution in [2.24, 2.45) is 5.11 Å². The minimum atomic E-state index is -1.72. The van der Waals surface area contributed by atoms with E-state index in [2.05, 4.69) is 10.0 Å². The quantitative estimate of drug-likeness (QED) is 0.458. The summed E-state index contributed by atoms with van der Waals surface area (Å²) in [7, 11) is 1.58. The fourth-order valence-corrected chi connectivity index (χ4v) is 1.90. The highest BCUT2D eigenvalue weighted by atomic mass is 16.3. The smallest absolute Gasteiger partial charge is 0.263 e. The Balaban J connectivity index is 2.55. The average molecular weight is 218 g/mol. The van der Waals surface area contributed by atoms with Crippen molar-refractivity contribution in [3.63, 3.8) is 0 Å². The third kappa shape index (κ3) is 1.25. The molecule has 1 N–H and O–H groups in total. The van der Waals surface area contributed by atoms with Crippen molar-refractivity contribution < 1.29 is 9.90 Å². The van der Waals surface area contributed by atoms with Crippen LogP contribution < -0.4 is 4.90 Å². The fraction of sp³-hybridized carbons (Fsp3) is 0.300. The number of fused-ring (bicyclic) bond motifs is 1. The first-order valence-corrected chi connectivity index (χ1v) is 4.72. The Hall–Kier alpha value is -2.04. The summed E-state index contributed by atoms with van der Waals surface area (Å²) in [6.45, 7) is -0.288. The average Bonchev–Trinajstić information content (AvgIpc) is 2.51. The number of hydrogen-bond donors (Lipinski definition) is 1. The van der Waals surface area contributed by atoms with E-state index in [1.165, 1.54) is 4.90 Å². The molecule has 0 fully saturated rings. The maximum absolute atomic E-state index is 11.9. The van der Waals surface area contributed by atoms with E-state index in [4.69, 9.17) is 5.53 Å². The number of azide groups is 1. The van der Waals surface area contributed by atoms with Gasteiger partial charge in [0.05, 0.1) is 12.2 Å². The van der Waals surface area contributed by atoms with Crippen LogP contribution in [-0.2, 0) is 10.4 Å². The largest absolute Gasteiger partial charge is 0.375 e. The summed E-state index contributed by atoms with van der Waals surface area (Å²) in [4.78, 5) is 15.8. The molecule has 1 aromatic rings. The maximum Gasteiger partial charge on any atom is 0.263 e. The van der Waals surface area contributed by atoms with Gasteiger partial charge in [0.2, 0.25) is 0 Å². The molecule has 6 heteroatoms. The van der Waals surface area contributed by atoms with Crippen LogP contribution in [-0.4, -0.2) is 24.6 Å². The second-order valence-electron chi connectivity index (χ2n) is 3.63. The number of anilines is 1. The zero-order chi connectivity index (χ0) is 11.8. The van der Waals surface area contributed by atoms with Crippen molar-refractivity contribution in [3.8, 4) is 0 Å². The van der Waals surface area contributed by atoms with Crippen molar-refractivity contribution in [3.05, 3.63) is 40.3 Å². The zero-order valence-electron chi connectivity index (χ0n) is 8.66. The number of carbonyl (C=O) groups excluding carboxylic acids is 1. The van der Waals surface area contributed by atoms with Gasteiger partial charge >= 0.3 is 0 Å². The molecular weight excluding hydrogens is 208 g/mol. The standard InChI is InChI=1S/C10H10N4O2/c1-14-8-5-3-2-4-7(8)10(16,9(14)15)6-12-13-11/h2-5,16H,6H2,1H3. The summed E-state index contributed by atoms with van der Waals surface area (Å²) in [6, 6.07) is 6.90. The van der Waals surface area contributed by atoms with E-state index in [1.807, 2.05) is 0 Å². The molecular formula is C10H10N4O2. The van der Waals surface area contributed by atoms with Gasteiger partial charge in [-0.05, 0) is 11.6 Å². The molecule has 1 aliphatic heterocycles. The van der Waals surface area contributed by atoms with Crippen molar-refractivity contribution in [1.82, 2.24) is 0 Å². The molecule has 16 heavy (non-hydrogen) atoms. The summed E-state index contributed by atoms with van der Waals surface area (Å²) in [5.74, 6) is -0.471. The molecule has 0 aromatic heterocycles. The van der Waals surface area contributed by atoms with Crippen LogP contribution >= 0.6 is 0 Å². The Morgan fingerprint density at radius 2 is 2.25 bits per heavy atom. The second kappa shape index (κ2) is 3.52. The molecule has 1 amide bonds. The SMILES string of the molecule is CN1C(=O)C(O)(CN=[N+]=[N-])c2ccccc21. The summed E-state index contributed by atoms with van der Waals surface area (Å²) in [5, 5.41) is 13.5. The molecule has 0 radical (unpaired) electrons. The van der Waals surface area contributed by atoms with Gasteiger partial charge in [-0.2, -0.15) is 0 Å². The van der Waals surface area contributed by atoms with Gasteiger partial charge in [-0.3, -0.25) is 4.79 Å². The van der Waals surface area contributed by atoms with Gasteiger partial charge in [0.1, 0.15) is 0 Å². The second-order valence-corrected chi connectivity index (χ2v) is 3.63. The Bertz CT molecular complexity index is 495. The van der Waals surface area contributed by atoms with E-state index in [0.29, 0.717) is 11.3 Å². The van der Waals surface area contributed by atoms with Crippen molar-refractivity contribution in [2.45, 2.75) is 5.60 Å². The Labute approximate surface area is 91.7 Å². The summed E-state index contributed by atoms with van der Waals surface area (Å²) < 4.78 is 0. The zero-order valence-corrected chi connectivity index (χ0v) is 8.66. The lowest BCUT2D eigenvalue weighted by Gasteiger charge is -2.18. The van der Waals surface area contributed by atoms with E-state index in [9.17, 15) is 9.90 Å². The van der Waals surface area contributed by atoms with Gasteiger partial charge in [-0.25, -0.2) is 0 Å². The Kier molecular flexibility index (Phi) is 2.30. The van der Waals surface area contributed by atoms with Gasteiger partial charge in [0.15, 0.2) is 5.60 Å². The molecule has 1 heterocycles. The highest BCUT2D eigenvalue weighted by Crippen LogP contribution is 2.39. The molecule has 0 aliphatic carbocycles. The number of rotatable bonds is 2. The summed E-state index contributed by atoms with van der Waals surface area (Å²) in [5.41, 5.74) is 7.66. The van der Waals surface area contributed by atoms with Crippen molar-refractivity contribution in [2.75, 3.05) is 18.5 Å². The van der Waals surface area contributed by atoms with E-state index >= 15 is 0 Å². The van der Waals surface area contributed by atoms with Crippen LogP contribution in [0.2, 0.25) is 0 Å². The Morgan fingerprint density at radius 1 is 1.56 bits per heavy atom. The molecule has 1 atom stereocenters. The van der Waals surface area contributed by atoms with Gasteiger partial charge < -0.3 is 10.0 Å². The number of para-hydroxylation sites is 1.